The molecule has 218 valence electrons. The summed E-state index contributed by atoms with van der Waals surface area (Å²) in [7, 11) is -2.71. The summed E-state index contributed by atoms with van der Waals surface area (Å²) in [5, 5.41) is 3.10. The van der Waals surface area contributed by atoms with Gasteiger partial charge in [-0.05, 0) is 74.6 Å². The molecule has 8 nitrogen and oxygen atoms in total. The van der Waals surface area contributed by atoms with Gasteiger partial charge in [0.05, 0.1) is 17.7 Å². The van der Waals surface area contributed by atoms with Crippen LogP contribution >= 0.6 is 0 Å². The highest BCUT2D eigenvalue weighted by atomic mass is 32.2. The van der Waals surface area contributed by atoms with E-state index in [0.29, 0.717) is 5.75 Å². The number of amides is 2. The normalized spacial score (nSPS) is 14.3. The third-order valence-electron chi connectivity index (χ3n) is 7.68. The minimum atomic E-state index is -4.17. The van der Waals surface area contributed by atoms with Crippen LogP contribution in [0.3, 0.4) is 0 Å². The molecule has 0 aliphatic heterocycles. The van der Waals surface area contributed by atoms with E-state index in [1.807, 2.05) is 44.2 Å². The van der Waals surface area contributed by atoms with Gasteiger partial charge < -0.3 is 15.0 Å². The van der Waals surface area contributed by atoms with E-state index >= 15 is 0 Å². The van der Waals surface area contributed by atoms with Crippen LogP contribution in [-0.4, -0.2) is 50.9 Å². The fraction of sp³-hybridized carbons (Fsp3) is 0.375. The molecule has 1 atom stereocenters. The molecule has 1 aliphatic carbocycles. The molecular weight excluding hydrogens is 538 g/mol. The zero-order valence-corrected chi connectivity index (χ0v) is 25.0. The predicted octanol–water partition coefficient (Wildman–Crippen LogP) is 4.98. The number of ether oxygens (including phenoxy) is 1. The number of carbonyl (C=O) groups is 2. The largest absolute Gasteiger partial charge is 0.495 e. The summed E-state index contributed by atoms with van der Waals surface area (Å²) in [6, 6.07) is 20.1. The summed E-state index contributed by atoms with van der Waals surface area (Å²) in [5.41, 5.74) is 2.92. The van der Waals surface area contributed by atoms with Crippen LogP contribution in [0.4, 0.5) is 5.69 Å². The van der Waals surface area contributed by atoms with Gasteiger partial charge in [-0.25, -0.2) is 8.42 Å². The smallest absolute Gasteiger partial charge is 0.264 e. The van der Waals surface area contributed by atoms with Crippen molar-refractivity contribution in [1.29, 1.82) is 0 Å². The average molecular weight is 578 g/mol. The van der Waals surface area contributed by atoms with Crippen LogP contribution in [0.5, 0.6) is 5.75 Å². The van der Waals surface area contributed by atoms with Crippen LogP contribution in [0.1, 0.15) is 49.3 Å². The number of carbonyl (C=O) groups excluding carboxylic acids is 2. The Morgan fingerprint density at radius 3 is 2.29 bits per heavy atom. The second-order valence-corrected chi connectivity index (χ2v) is 12.5. The number of hydrogen-bond acceptors (Lipinski definition) is 5. The standard InChI is InChI=1S/C32H39N3O5S/c1-23-18-19-30(40-4)29(20-23)35(41(38,39)28-16-6-5-7-17-28)22-31(36)34(21-26-13-9-8-12-24(26)2)25(3)32(37)33-27-14-10-11-15-27/h5-9,12-13,16-20,25,27H,10-11,14-15,21-22H2,1-4H3,(H,33,37). The first-order valence-corrected chi connectivity index (χ1v) is 15.4. The molecule has 0 aromatic heterocycles. The van der Waals surface area contributed by atoms with Crippen molar-refractivity contribution in [3.63, 3.8) is 0 Å². The Morgan fingerprint density at radius 1 is 0.976 bits per heavy atom. The van der Waals surface area contributed by atoms with Crippen LogP contribution in [0.25, 0.3) is 0 Å². The molecule has 0 radical (unpaired) electrons. The number of methoxy groups -OCH3 is 1. The van der Waals surface area contributed by atoms with Crippen LogP contribution in [0, 0.1) is 13.8 Å². The maximum Gasteiger partial charge on any atom is 0.264 e. The van der Waals surface area contributed by atoms with Crippen molar-refractivity contribution in [3.05, 3.63) is 89.5 Å². The summed E-state index contributed by atoms with van der Waals surface area (Å²) in [5.74, 6) is -0.421. The summed E-state index contributed by atoms with van der Waals surface area (Å²) >= 11 is 0. The van der Waals surface area contributed by atoms with Crippen molar-refractivity contribution in [1.82, 2.24) is 10.2 Å². The van der Waals surface area contributed by atoms with Gasteiger partial charge >= 0.3 is 0 Å². The lowest BCUT2D eigenvalue weighted by Crippen LogP contribution is -2.52. The van der Waals surface area contributed by atoms with E-state index in [1.165, 1.54) is 24.1 Å². The van der Waals surface area contributed by atoms with Gasteiger partial charge in [-0.3, -0.25) is 13.9 Å². The number of benzene rings is 3. The second-order valence-electron chi connectivity index (χ2n) is 10.6. The molecular formula is C32H39N3O5S. The minimum absolute atomic E-state index is 0.0498. The van der Waals surface area contributed by atoms with Crippen molar-refractivity contribution in [2.24, 2.45) is 0 Å². The predicted molar refractivity (Wildman–Crippen MR) is 160 cm³/mol. The first-order valence-electron chi connectivity index (χ1n) is 14.0. The molecule has 1 saturated carbocycles. The number of anilines is 1. The molecule has 1 N–H and O–H groups in total. The monoisotopic (exact) mass is 577 g/mol. The van der Waals surface area contributed by atoms with Gasteiger partial charge in [0, 0.05) is 12.6 Å². The fourth-order valence-corrected chi connectivity index (χ4v) is 6.61. The van der Waals surface area contributed by atoms with Crippen LogP contribution in [0.15, 0.2) is 77.7 Å². The summed E-state index contributed by atoms with van der Waals surface area (Å²) in [6.45, 7) is 5.14. The minimum Gasteiger partial charge on any atom is -0.495 e. The maximum absolute atomic E-state index is 14.2. The quantitative estimate of drug-likeness (QED) is 0.347. The number of aryl methyl sites for hydroxylation is 2. The van der Waals surface area contributed by atoms with Crippen LogP contribution in [0.2, 0.25) is 0 Å². The molecule has 3 aromatic carbocycles. The molecule has 0 bridgehead atoms. The van der Waals surface area contributed by atoms with Crippen molar-refractivity contribution in [2.75, 3.05) is 18.0 Å². The Hall–Kier alpha value is -3.85. The van der Waals surface area contributed by atoms with Crippen molar-refractivity contribution in [3.8, 4) is 5.75 Å². The van der Waals surface area contributed by atoms with Gasteiger partial charge in [-0.1, -0.05) is 61.4 Å². The first kappa shape index (κ1) is 30.1. The molecule has 4 rings (SSSR count). The second kappa shape index (κ2) is 13.2. The van der Waals surface area contributed by atoms with Crippen molar-refractivity contribution < 1.29 is 22.7 Å². The zero-order chi connectivity index (χ0) is 29.6. The molecule has 41 heavy (non-hydrogen) atoms. The van der Waals surface area contributed by atoms with Gasteiger partial charge in [0.1, 0.15) is 18.3 Å². The highest BCUT2D eigenvalue weighted by molar-refractivity contribution is 7.92. The lowest BCUT2D eigenvalue weighted by atomic mass is 10.1. The maximum atomic E-state index is 14.2. The van der Waals surface area contributed by atoms with Gasteiger partial charge in [0.15, 0.2) is 0 Å². The van der Waals surface area contributed by atoms with E-state index < -0.39 is 28.5 Å². The average Bonchev–Trinajstić information content (AvgIpc) is 3.48. The summed E-state index contributed by atoms with van der Waals surface area (Å²) < 4.78 is 34.7. The van der Waals surface area contributed by atoms with Crippen LogP contribution < -0.4 is 14.4 Å². The SMILES string of the molecule is COc1ccc(C)cc1N(CC(=O)N(Cc1ccccc1C)C(C)C(=O)NC1CCCC1)S(=O)(=O)c1ccccc1. The third kappa shape index (κ3) is 7.08. The van der Waals surface area contributed by atoms with E-state index in [2.05, 4.69) is 5.32 Å². The highest BCUT2D eigenvalue weighted by Crippen LogP contribution is 2.34. The highest BCUT2D eigenvalue weighted by Gasteiger charge is 2.34. The van der Waals surface area contributed by atoms with Gasteiger partial charge in [-0.15, -0.1) is 0 Å². The zero-order valence-electron chi connectivity index (χ0n) is 24.2. The Labute approximate surface area is 243 Å². The molecule has 3 aromatic rings. The van der Waals surface area contributed by atoms with E-state index in [0.717, 1.165) is 46.7 Å². The molecule has 1 fully saturated rings. The Kier molecular flexibility index (Phi) is 9.70. The number of hydrogen-bond donors (Lipinski definition) is 1. The van der Waals surface area contributed by atoms with E-state index in [4.69, 9.17) is 4.74 Å². The fourth-order valence-electron chi connectivity index (χ4n) is 5.17. The van der Waals surface area contributed by atoms with E-state index in [-0.39, 0.29) is 29.1 Å². The lowest BCUT2D eigenvalue weighted by Gasteiger charge is -2.33. The molecule has 1 unspecified atom stereocenters. The molecule has 0 saturated heterocycles. The van der Waals surface area contributed by atoms with Crippen molar-refractivity contribution in [2.45, 2.75) is 70.0 Å². The molecule has 0 heterocycles. The molecule has 1 aliphatic rings. The molecule has 2 amide bonds. The summed E-state index contributed by atoms with van der Waals surface area (Å²) in [4.78, 5) is 29.1. The topological polar surface area (TPSA) is 96.0 Å². The molecule has 0 spiro atoms. The Bertz CT molecular complexity index is 1470. The lowest BCUT2D eigenvalue weighted by molar-refractivity contribution is -0.139. The number of nitrogens with one attached hydrogen (secondary N) is 1. The number of nitrogens with zero attached hydrogens (tertiary/aromatic N) is 2. The number of sulfonamides is 1. The van der Waals surface area contributed by atoms with Gasteiger partial charge in [-0.2, -0.15) is 0 Å². The van der Waals surface area contributed by atoms with Gasteiger partial charge in [0.2, 0.25) is 11.8 Å². The molecule has 9 heteroatoms. The number of rotatable bonds is 11. The Morgan fingerprint density at radius 2 is 1.63 bits per heavy atom. The Balaban J connectivity index is 1.74. The third-order valence-corrected chi connectivity index (χ3v) is 9.46. The van der Waals surface area contributed by atoms with E-state index in [1.54, 1.807) is 37.3 Å². The van der Waals surface area contributed by atoms with Gasteiger partial charge in [0.25, 0.3) is 10.0 Å². The van der Waals surface area contributed by atoms with E-state index in [9.17, 15) is 18.0 Å². The van der Waals surface area contributed by atoms with Crippen LogP contribution in [-0.2, 0) is 26.2 Å². The summed E-state index contributed by atoms with van der Waals surface area (Å²) in [6.07, 6.45) is 3.96. The van der Waals surface area contributed by atoms with Crippen molar-refractivity contribution >= 4 is 27.5 Å². The first-order chi connectivity index (χ1) is 19.6.